The Morgan fingerprint density at radius 3 is 2.38 bits per heavy atom. The number of ether oxygens (including phenoxy) is 1. The van der Waals surface area contributed by atoms with Crippen molar-refractivity contribution >= 4 is 23.2 Å². The third kappa shape index (κ3) is 3.64. The fourth-order valence-corrected chi connectivity index (χ4v) is 2.69. The van der Waals surface area contributed by atoms with Crippen LogP contribution in [0, 0.1) is 0 Å². The molecule has 7 heteroatoms. The highest BCUT2D eigenvalue weighted by Crippen LogP contribution is 2.49. The smallest absolute Gasteiger partial charge is 0.406 e. The number of carbonyl (C=O) groups is 1. The Morgan fingerprint density at radius 2 is 1.79 bits per heavy atom. The fraction of sp³-hybridized carbons (Fsp3) is 0.235. The largest absolute Gasteiger partial charge is 0.573 e. The normalized spacial score (nSPS) is 15.7. The lowest BCUT2D eigenvalue weighted by atomic mass is 9.95. The van der Waals surface area contributed by atoms with Crippen LogP contribution in [0.2, 0.25) is 5.02 Å². The minimum Gasteiger partial charge on any atom is -0.406 e. The number of rotatable bonds is 4. The second-order valence-corrected chi connectivity index (χ2v) is 6.06. The molecule has 0 heterocycles. The molecular weight excluding hydrogens is 343 g/mol. The van der Waals surface area contributed by atoms with Gasteiger partial charge in [-0.1, -0.05) is 29.8 Å². The van der Waals surface area contributed by atoms with Gasteiger partial charge in [-0.25, -0.2) is 0 Å². The topological polar surface area (TPSA) is 38.3 Å². The highest BCUT2D eigenvalue weighted by Gasteiger charge is 2.51. The Morgan fingerprint density at radius 1 is 1.12 bits per heavy atom. The summed E-state index contributed by atoms with van der Waals surface area (Å²) in [4.78, 5) is 12.6. The Hall–Kier alpha value is -2.21. The predicted molar refractivity (Wildman–Crippen MR) is 84.1 cm³/mol. The molecule has 3 nitrogen and oxygen atoms in total. The molecule has 1 aliphatic rings. The van der Waals surface area contributed by atoms with Crippen LogP contribution < -0.4 is 10.1 Å². The molecule has 2 aromatic rings. The molecule has 24 heavy (non-hydrogen) atoms. The predicted octanol–water partition coefficient (Wildman–Crippen LogP) is 4.91. The van der Waals surface area contributed by atoms with E-state index in [4.69, 9.17) is 11.6 Å². The number of halogens is 4. The molecule has 3 rings (SSSR count). The lowest BCUT2D eigenvalue weighted by Crippen LogP contribution is -2.27. The lowest BCUT2D eigenvalue weighted by molar-refractivity contribution is -0.274. The number of benzene rings is 2. The number of hydrogen-bond acceptors (Lipinski definition) is 2. The highest BCUT2D eigenvalue weighted by atomic mass is 35.5. The first-order chi connectivity index (χ1) is 11.3. The molecule has 0 aliphatic heterocycles. The number of alkyl halides is 3. The van der Waals surface area contributed by atoms with Crippen molar-refractivity contribution in [1.29, 1.82) is 0 Å². The molecule has 0 unspecified atom stereocenters. The third-order valence-electron chi connectivity index (χ3n) is 3.91. The van der Waals surface area contributed by atoms with Gasteiger partial charge in [0.05, 0.1) is 5.41 Å². The van der Waals surface area contributed by atoms with Crippen molar-refractivity contribution in [2.75, 3.05) is 5.32 Å². The summed E-state index contributed by atoms with van der Waals surface area (Å²) in [6.07, 6.45) is -3.41. The molecule has 0 atom stereocenters. The highest BCUT2D eigenvalue weighted by molar-refractivity contribution is 6.30. The zero-order valence-electron chi connectivity index (χ0n) is 12.4. The average molecular weight is 356 g/mol. The molecule has 1 fully saturated rings. The number of nitrogens with one attached hydrogen (secondary N) is 1. The van der Waals surface area contributed by atoms with Crippen LogP contribution in [-0.4, -0.2) is 12.3 Å². The van der Waals surface area contributed by atoms with E-state index in [1.165, 1.54) is 18.2 Å². The maximum atomic E-state index is 12.6. The van der Waals surface area contributed by atoms with Gasteiger partial charge in [-0.15, -0.1) is 13.2 Å². The molecular formula is C17H13ClF3NO2. The van der Waals surface area contributed by atoms with Crippen LogP contribution >= 0.6 is 11.6 Å². The van der Waals surface area contributed by atoms with Gasteiger partial charge >= 0.3 is 6.36 Å². The Kier molecular flexibility index (Phi) is 4.17. The molecule has 1 amide bonds. The maximum absolute atomic E-state index is 12.6. The minimum absolute atomic E-state index is 0.252. The van der Waals surface area contributed by atoms with Crippen molar-refractivity contribution in [3.8, 4) is 5.75 Å². The summed E-state index contributed by atoms with van der Waals surface area (Å²) in [6.45, 7) is 0. The standard InChI is InChI=1S/C17H13ClF3NO2/c18-12-6-4-11(5-7-12)16(8-9-16)15(23)22-13-2-1-3-14(10-13)24-17(19,20)21/h1-7,10H,8-9H2,(H,22,23). The van der Waals surface area contributed by atoms with E-state index in [2.05, 4.69) is 10.1 Å². The van der Waals surface area contributed by atoms with Crippen LogP contribution in [0.4, 0.5) is 18.9 Å². The summed E-state index contributed by atoms with van der Waals surface area (Å²) >= 11 is 5.86. The molecule has 1 N–H and O–H groups in total. The van der Waals surface area contributed by atoms with Gasteiger partial charge in [-0.3, -0.25) is 4.79 Å². The van der Waals surface area contributed by atoms with E-state index in [0.717, 1.165) is 11.6 Å². The van der Waals surface area contributed by atoms with Crippen LogP contribution in [0.5, 0.6) is 5.75 Å². The summed E-state index contributed by atoms with van der Waals surface area (Å²) < 4.78 is 40.7. The average Bonchev–Trinajstić information content (AvgIpc) is 3.28. The molecule has 0 radical (unpaired) electrons. The molecule has 2 aromatic carbocycles. The molecule has 0 saturated heterocycles. The lowest BCUT2D eigenvalue weighted by Gasteiger charge is -2.16. The monoisotopic (exact) mass is 355 g/mol. The molecule has 0 spiro atoms. The van der Waals surface area contributed by atoms with Crippen molar-refractivity contribution in [2.24, 2.45) is 0 Å². The van der Waals surface area contributed by atoms with Gasteiger partial charge in [0, 0.05) is 16.8 Å². The number of carbonyl (C=O) groups excluding carboxylic acids is 1. The van der Waals surface area contributed by atoms with Crippen molar-refractivity contribution in [2.45, 2.75) is 24.6 Å². The van der Waals surface area contributed by atoms with E-state index in [-0.39, 0.29) is 17.3 Å². The van der Waals surface area contributed by atoms with Crippen molar-refractivity contribution in [3.05, 3.63) is 59.1 Å². The summed E-state index contributed by atoms with van der Waals surface area (Å²) in [7, 11) is 0. The Labute approximate surface area is 141 Å². The van der Waals surface area contributed by atoms with Crippen LogP contribution in [0.15, 0.2) is 48.5 Å². The summed E-state index contributed by atoms with van der Waals surface area (Å²) in [5, 5.41) is 3.24. The van der Waals surface area contributed by atoms with Gasteiger partial charge in [0.1, 0.15) is 5.75 Å². The van der Waals surface area contributed by atoms with Gasteiger partial charge in [-0.2, -0.15) is 0 Å². The first-order valence-corrected chi connectivity index (χ1v) is 7.60. The molecule has 1 aliphatic carbocycles. The second kappa shape index (κ2) is 6.02. The third-order valence-corrected chi connectivity index (χ3v) is 4.16. The van der Waals surface area contributed by atoms with Gasteiger partial charge in [0.2, 0.25) is 5.91 Å². The van der Waals surface area contributed by atoms with Crippen molar-refractivity contribution in [1.82, 2.24) is 0 Å². The van der Waals surface area contributed by atoms with Gasteiger partial charge in [0.25, 0.3) is 0 Å². The summed E-state index contributed by atoms with van der Waals surface area (Å²) in [5.41, 5.74) is 0.444. The second-order valence-electron chi connectivity index (χ2n) is 5.62. The van der Waals surface area contributed by atoms with E-state index in [9.17, 15) is 18.0 Å². The van der Waals surface area contributed by atoms with Gasteiger partial charge < -0.3 is 10.1 Å². The number of hydrogen-bond donors (Lipinski definition) is 1. The van der Waals surface area contributed by atoms with Crippen LogP contribution in [0.3, 0.4) is 0 Å². The minimum atomic E-state index is -4.77. The van der Waals surface area contributed by atoms with Gasteiger partial charge in [0.15, 0.2) is 0 Å². The van der Waals surface area contributed by atoms with E-state index in [1.807, 2.05) is 0 Å². The Balaban J connectivity index is 1.75. The maximum Gasteiger partial charge on any atom is 0.573 e. The van der Waals surface area contributed by atoms with Crippen LogP contribution in [-0.2, 0) is 10.2 Å². The van der Waals surface area contributed by atoms with Crippen molar-refractivity contribution < 1.29 is 22.7 Å². The first-order valence-electron chi connectivity index (χ1n) is 7.22. The van der Waals surface area contributed by atoms with Gasteiger partial charge in [-0.05, 0) is 42.7 Å². The summed E-state index contributed by atoms with van der Waals surface area (Å²) in [5.74, 6) is -0.634. The number of anilines is 1. The molecule has 1 saturated carbocycles. The number of amides is 1. The zero-order valence-corrected chi connectivity index (χ0v) is 13.1. The SMILES string of the molecule is O=C(Nc1cccc(OC(F)(F)F)c1)C1(c2ccc(Cl)cc2)CC1. The van der Waals surface area contributed by atoms with Crippen LogP contribution in [0.1, 0.15) is 18.4 Å². The van der Waals surface area contributed by atoms with E-state index in [0.29, 0.717) is 17.9 Å². The van der Waals surface area contributed by atoms with Crippen molar-refractivity contribution in [3.63, 3.8) is 0 Å². The van der Waals surface area contributed by atoms with E-state index < -0.39 is 11.8 Å². The first kappa shape index (κ1) is 16.6. The summed E-state index contributed by atoms with van der Waals surface area (Å²) in [6, 6.07) is 12.2. The molecule has 0 bridgehead atoms. The fourth-order valence-electron chi connectivity index (χ4n) is 2.56. The Bertz CT molecular complexity index is 755. The van der Waals surface area contributed by atoms with Crippen LogP contribution in [0.25, 0.3) is 0 Å². The molecule has 0 aromatic heterocycles. The molecule has 126 valence electrons. The zero-order chi connectivity index (χ0) is 17.4. The van der Waals surface area contributed by atoms with E-state index in [1.54, 1.807) is 24.3 Å². The van der Waals surface area contributed by atoms with E-state index >= 15 is 0 Å². The quantitative estimate of drug-likeness (QED) is 0.846.